The van der Waals surface area contributed by atoms with Crippen LogP contribution in [0, 0.1) is 0 Å². The summed E-state index contributed by atoms with van der Waals surface area (Å²) in [6, 6.07) is 7.96. The van der Waals surface area contributed by atoms with Gasteiger partial charge in [-0.2, -0.15) is 0 Å². The molecule has 1 aromatic rings. The number of anilines is 1. The van der Waals surface area contributed by atoms with Crippen molar-refractivity contribution in [3.05, 3.63) is 40.9 Å². The molecule has 0 saturated heterocycles. The van der Waals surface area contributed by atoms with E-state index in [9.17, 15) is 0 Å². The molecule has 0 unspecified atom stereocenters. The van der Waals surface area contributed by atoms with Gasteiger partial charge in [-0.1, -0.05) is 35.4 Å². The van der Waals surface area contributed by atoms with Gasteiger partial charge in [0.2, 0.25) is 0 Å². The van der Waals surface area contributed by atoms with Crippen molar-refractivity contribution in [2.45, 2.75) is 6.42 Å². The summed E-state index contributed by atoms with van der Waals surface area (Å²) < 4.78 is 0. The lowest BCUT2D eigenvalue weighted by Crippen LogP contribution is -2.30. The van der Waals surface area contributed by atoms with E-state index in [1.165, 1.54) is 5.57 Å². The first-order chi connectivity index (χ1) is 7.31. The predicted octanol–water partition coefficient (Wildman–Crippen LogP) is 2.44. The van der Waals surface area contributed by atoms with Crippen LogP contribution in [0.2, 0.25) is 5.02 Å². The minimum absolute atomic E-state index is 0.677. The first-order valence-corrected chi connectivity index (χ1v) is 5.56. The Kier molecular flexibility index (Phi) is 3.29. The molecule has 0 bridgehead atoms. The third-order valence-electron chi connectivity index (χ3n) is 2.76. The van der Waals surface area contributed by atoms with Crippen LogP contribution in [0.15, 0.2) is 35.9 Å². The van der Waals surface area contributed by atoms with E-state index in [1.54, 1.807) is 0 Å². The van der Waals surface area contributed by atoms with Crippen molar-refractivity contribution in [3.63, 3.8) is 0 Å². The lowest BCUT2D eigenvalue weighted by atomic mass is 10.1. The number of halogens is 1. The van der Waals surface area contributed by atoms with Gasteiger partial charge in [-0.05, 0) is 18.6 Å². The van der Waals surface area contributed by atoms with E-state index >= 15 is 0 Å². The molecule has 2 nitrogen and oxygen atoms in total. The molecule has 0 spiro atoms. The van der Waals surface area contributed by atoms with E-state index in [0.29, 0.717) is 6.54 Å². The molecule has 0 saturated carbocycles. The minimum atomic E-state index is 0.677. The molecule has 80 valence electrons. The highest BCUT2D eigenvalue weighted by Gasteiger charge is 2.13. The Bertz CT molecular complexity index is 374. The van der Waals surface area contributed by atoms with E-state index in [4.69, 9.17) is 17.3 Å². The maximum absolute atomic E-state index is 6.14. The Hall–Kier alpha value is -0.990. The largest absolute Gasteiger partial charge is 0.366 e. The zero-order chi connectivity index (χ0) is 10.7. The number of hydrogen-bond acceptors (Lipinski definition) is 2. The molecule has 0 radical (unpaired) electrons. The van der Waals surface area contributed by atoms with Gasteiger partial charge in [-0.15, -0.1) is 0 Å². The third-order valence-corrected chi connectivity index (χ3v) is 3.08. The highest BCUT2D eigenvalue weighted by atomic mass is 35.5. The summed E-state index contributed by atoms with van der Waals surface area (Å²) in [5.74, 6) is 0. The molecule has 2 rings (SSSR count). The Morgan fingerprint density at radius 3 is 2.73 bits per heavy atom. The van der Waals surface area contributed by atoms with Crippen LogP contribution in [0.25, 0.3) is 0 Å². The van der Waals surface area contributed by atoms with Crippen molar-refractivity contribution in [1.29, 1.82) is 0 Å². The van der Waals surface area contributed by atoms with Crippen LogP contribution >= 0.6 is 11.6 Å². The van der Waals surface area contributed by atoms with Crippen molar-refractivity contribution in [3.8, 4) is 0 Å². The maximum atomic E-state index is 6.14. The van der Waals surface area contributed by atoms with Crippen LogP contribution in [0.4, 0.5) is 5.69 Å². The van der Waals surface area contributed by atoms with E-state index in [0.717, 1.165) is 30.2 Å². The summed E-state index contributed by atoms with van der Waals surface area (Å²) in [6.45, 7) is 2.60. The zero-order valence-electron chi connectivity index (χ0n) is 8.62. The zero-order valence-corrected chi connectivity index (χ0v) is 9.37. The second kappa shape index (κ2) is 4.69. The molecule has 1 aromatic carbocycles. The Morgan fingerprint density at radius 1 is 1.33 bits per heavy atom. The van der Waals surface area contributed by atoms with Crippen molar-refractivity contribution in [2.75, 3.05) is 24.5 Å². The van der Waals surface area contributed by atoms with Crippen LogP contribution in [-0.2, 0) is 0 Å². The molecule has 0 aliphatic carbocycles. The van der Waals surface area contributed by atoms with Crippen LogP contribution in [0.1, 0.15) is 6.42 Å². The van der Waals surface area contributed by atoms with Gasteiger partial charge in [0, 0.05) is 19.6 Å². The Morgan fingerprint density at radius 2 is 2.13 bits per heavy atom. The standard InChI is InChI=1S/C12H15ClN2/c13-11-3-1-2-4-12(11)15-7-5-10(9-14)6-8-15/h1-5H,6-9,14H2. The maximum Gasteiger partial charge on any atom is 0.0639 e. The summed E-state index contributed by atoms with van der Waals surface area (Å²) in [7, 11) is 0. The normalized spacial score (nSPS) is 16.4. The van der Waals surface area contributed by atoms with E-state index in [1.807, 2.05) is 18.2 Å². The summed E-state index contributed by atoms with van der Waals surface area (Å²) in [5, 5.41) is 0.821. The summed E-state index contributed by atoms with van der Waals surface area (Å²) in [4.78, 5) is 2.28. The van der Waals surface area contributed by atoms with Gasteiger partial charge >= 0.3 is 0 Å². The molecule has 0 fully saturated rings. The van der Waals surface area contributed by atoms with Crippen LogP contribution < -0.4 is 10.6 Å². The topological polar surface area (TPSA) is 29.3 Å². The first kappa shape index (κ1) is 10.5. The van der Waals surface area contributed by atoms with Gasteiger partial charge in [0.25, 0.3) is 0 Å². The van der Waals surface area contributed by atoms with E-state index in [-0.39, 0.29) is 0 Å². The number of nitrogens with zero attached hydrogens (tertiary/aromatic N) is 1. The highest BCUT2D eigenvalue weighted by Crippen LogP contribution is 2.27. The number of rotatable bonds is 2. The minimum Gasteiger partial charge on any atom is -0.366 e. The molecule has 0 atom stereocenters. The monoisotopic (exact) mass is 222 g/mol. The molecular weight excluding hydrogens is 208 g/mol. The smallest absolute Gasteiger partial charge is 0.0639 e. The Balaban J connectivity index is 2.14. The number of nitrogens with two attached hydrogens (primary N) is 1. The molecule has 3 heteroatoms. The van der Waals surface area contributed by atoms with Crippen molar-refractivity contribution in [2.24, 2.45) is 5.73 Å². The van der Waals surface area contributed by atoms with Crippen LogP contribution in [0.3, 0.4) is 0 Å². The van der Waals surface area contributed by atoms with Gasteiger partial charge in [0.05, 0.1) is 10.7 Å². The average molecular weight is 223 g/mol. The SMILES string of the molecule is NCC1=CCN(c2ccccc2Cl)CC1. The molecular formula is C12H15ClN2. The van der Waals surface area contributed by atoms with Crippen molar-refractivity contribution >= 4 is 17.3 Å². The Labute approximate surface area is 95.3 Å². The van der Waals surface area contributed by atoms with Crippen LogP contribution in [0.5, 0.6) is 0 Å². The second-order valence-electron chi connectivity index (χ2n) is 3.71. The van der Waals surface area contributed by atoms with Gasteiger partial charge in [-0.25, -0.2) is 0 Å². The molecule has 1 aliphatic heterocycles. The van der Waals surface area contributed by atoms with Gasteiger partial charge in [0.15, 0.2) is 0 Å². The quantitative estimate of drug-likeness (QED) is 0.779. The average Bonchev–Trinajstić information content (AvgIpc) is 2.30. The second-order valence-corrected chi connectivity index (χ2v) is 4.12. The number of hydrogen-bond donors (Lipinski definition) is 1. The van der Waals surface area contributed by atoms with Gasteiger partial charge in [-0.3, -0.25) is 0 Å². The van der Waals surface area contributed by atoms with Gasteiger partial charge < -0.3 is 10.6 Å². The molecule has 2 N–H and O–H groups in total. The molecule has 15 heavy (non-hydrogen) atoms. The summed E-state index contributed by atoms with van der Waals surface area (Å²) in [5.41, 5.74) is 8.07. The fourth-order valence-electron chi connectivity index (χ4n) is 1.82. The van der Waals surface area contributed by atoms with E-state index < -0.39 is 0 Å². The van der Waals surface area contributed by atoms with Gasteiger partial charge in [0.1, 0.15) is 0 Å². The number of benzene rings is 1. The third kappa shape index (κ3) is 2.33. The van der Waals surface area contributed by atoms with Crippen molar-refractivity contribution in [1.82, 2.24) is 0 Å². The fraction of sp³-hybridized carbons (Fsp3) is 0.333. The lowest BCUT2D eigenvalue weighted by Gasteiger charge is -2.28. The summed E-state index contributed by atoms with van der Waals surface area (Å²) >= 11 is 6.14. The summed E-state index contributed by atoms with van der Waals surface area (Å²) in [6.07, 6.45) is 3.24. The predicted molar refractivity (Wildman–Crippen MR) is 65.4 cm³/mol. The fourth-order valence-corrected chi connectivity index (χ4v) is 2.08. The van der Waals surface area contributed by atoms with Crippen molar-refractivity contribution < 1.29 is 0 Å². The number of para-hydroxylation sites is 1. The van der Waals surface area contributed by atoms with Crippen LogP contribution in [-0.4, -0.2) is 19.6 Å². The molecule has 1 aliphatic rings. The molecule has 1 heterocycles. The highest BCUT2D eigenvalue weighted by molar-refractivity contribution is 6.33. The lowest BCUT2D eigenvalue weighted by molar-refractivity contribution is 0.773. The first-order valence-electron chi connectivity index (χ1n) is 5.18. The van der Waals surface area contributed by atoms with E-state index in [2.05, 4.69) is 17.0 Å². The molecule has 0 amide bonds. The molecule has 0 aromatic heterocycles.